The number of carboxylic acids is 1. The Kier molecular flexibility index (Phi) is 2.97. The minimum atomic E-state index is -1.03. The Morgan fingerprint density at radius 3 is 2.68 bits per heavy atom. The van der Waals surface area contributed by atoms with Crippen molar-refractivity contribution in [1.82, 2.24) is 4.98 Å². The standard InChI is InChI=1S/C14H8ClNO2S/c15-10-7-8(5-6-9(10)14(17)18)13-16-11-3-1-2-4-12(11)19-13/h1-7H,(H,17,18). The predicted octanol–water partition coefficient (Wildman–Crippen LogP) is 4.31. The van der Waals surface area contributed by atoms with Crippen molar-refractivity contribution in [2.75, 3.05) is 0 Å². The third-order valence-electron chi connectivity index (χ3n) is 2.74. The fourth-order valence-electron chi connectivity index (χ4n) is 1.82. The van der Waals surface area contributed by atoms with Crippen LogP contribution in [0.3, 0.4) is 0 Å². The summed E-state index contributed by atoms with van der Waals surface area (Å²) in [5.74, 6) is -1.03. The summed E-state index contributed by atoms with van der Waals surface area (Å²) < 4.78 is 1.09. The number of para-hydroxylation sites is 1. The molecule has 1 aromatic heterocycles. The van der Waals surface area contributed by atoms with E-state index in [2.05, 4.69) is 4.98 Å². The van der Waals surface area contributed by atoms with Crippen molar-refractivity contribution in [2.24, 2.45) is 0 Å². The molecule has 3 rings (SSSR count). The second-order valence-corrected chi connectivity index (χ2v) is 5.42. The summed E-state index contributed by atoms with van der Waals surface area (Å²) in [6, 6.07) is 12.7. The number of thiazole rings is 1. The molecular formula is C14H8ClNO2S. The summed E-state index contributed by atoms with van der Waals surface area (Å²) in [5.41, 5.74) is 1.86. The van der Waals surface area contributed by atoms with Gasteiger partial charge in [-0.05, 0) is 24.3 Å². The first-order chi connectivity index (χ1) is 9.15. The summed E-state index contributed by atoms with van der Waals surface area (Å²) in [6.45, 7) is 0. The van der Waals surface area contributed by atoms with Crippen LogP contribution in [0.1, 0.15) is 10.4 Å². The van der Waals surface area contributed by atoms with Gasteiger partial charge in [0.1, 0.15) is 5.01 Å². The zero-order valence-corrected chi connectivity index (χ0v) is 11.2. The van der Waals surface area contributed by atoms with Crippen LogP contribution in [0.4, 0.5) is 0 Å². The minimum Gasteiger partial charge on any atom is -0.478 e. The van der Waals surface area contributed by atoms with Gasteiger partial charge in [0.15, 0.2) is 0 Å². The van der Waals surface area contributed by atoms with Gasteiger partial charge < -0.3 is 5.11 Å². The highest BCUT2D eigenvalue weighted by Gasteiger charge is 2.11. The Morgan fingerprint density at radius 2 is 2.00 bits per heavy atom. The van der Waals surface area contributed by atoms with Gasteiger partial charge in [0.25, 0.3) is 0 Å². The summed E-state index contributed by atoms with van der Waals surface area (Å²) >= 11 is 7.53. The average molecular weight is 290 g/mol. The molecule has 0 unspecified atom stereocenters. The molecule has 0 fully saturated rings. The molecule has 0 amide bonds. The van der Waals surface area contributed by atoms with Gasteiger partial charge in [0, 0.05) is 5.56 Å². The highest BCUT2D eigenvalue weighted by Crippen LogP contribution is 2.32. The Balaban J connectivity index is 2.11. The second kappa shape index (κ2) is 4.64. The molecule has 0 aliphatic rings. The summed E-state index contributed by atoms with van der Waals surface area (Å²) in [5, 5.41) is 10.0. The van der Waals surface area contributed by atoms with E-state index in [1.807, 2.05) is 24.3 Å². The van der Waals surface area contributed by atoms with Gasteiger partial charge in [0.05, 0.1) is 20.8 Å². The fourth-order valence-corrected chi connectivity index (χ4v) is 3.04. The van der Waals surface area contributed by atoms with E-state index >= 15 is 0 Å². The highest BCUT2D eigenvalue weighted by atomic mass is 35.5. The van der Waals surface area contributed by atoms with Crippen molar-refractivity contribution < 1.29 is 9.90 Å². The van der Waals surface area contributed by atoms with Crippen molar-refractivity contribution in [2.45, 2.75) is 0 Å². The third kappa shape index (κ3) is 2.20. The number of aromatic nitrogens is 1. The van der Waals surface area contributed by atoms with Gasteiger partial charge in [0.2, 0.25) is 0 Å². The zero-order chi connectivity index (χ0) is 13.4. The number of carbonyl (C=O) groups is 1. The van der Waals surface area contributed by atoms with Crippen LogP contribution in [0.5, 0.6) is 0 Å². The van der Waals surface area contributed by atoms with Crippen LogP contribution in [0.15, 0.2) is 42.5 Å². The Morgan fingerprint density at radius 1 is 1.21 bits per heavy atom. The third-order valence-corrected chi connectivity index (χ3v) is 4.14. The molecule has 3 aromatic rings. The molecule has 0 saturated carbocycles. The van der Waals surface area contributed by atoms with Gasteiger partial charge >= 0.3 is 5.97 Å². The molecule has 0 radical (unpaired) electrons. The number of halogens is 1. The summed E-state index contributed by atoms with van der Waals surface area (Å²) in [7, 11) is 0. The maximum atomic E-state index is 10.9. The van der Waals surface area contributed by atoms with E-state index in [9.17, 15) is 4.79 Å². The van der Waals surface area contributed by atoms with Crippen molar-refractivity contribution >= 4 is 39.1 Å². The molecule has 19 heavy (non-hydrogen) atoms. The fraction of sp³-hybridized carbons (Fsp3) is 0. The Hall–Kier alpha value is -1.91. The molecule has 5 heteroatoms. The molecule has 0 aliphatic carbocycles. The van der Waals surface area contributed by atoms with Crippen LogP contribution in [0.2, 0.25) is 5.02 Å². The summed E-state index contributed by atoms with van der Waals surface area (Å²) in [4.78, 5) is 15.4. The number of carboxylic acid groups (broad SMARTS) is 1. The van der Waals surface area contributed by atoms with Crippen molar-refractivity contribution in [3.8, 4) is 10.6 Å². The van der Waals surface area contributed by atoms with Gasteiger partial charge in [-0.3, -0.25) is 0 Å². The van der Waals surface area contributed by atoms with E-state index in [-0.39, 0.29) is 10.6 Å². The Labute approximate surface area is 118 Å². The van der Waals surface area contributed by atoms with Crippen molar-refractivity contribution in [3.05, 3.63) is 53.1 Å². The molecule has 1 N–H and O–H groups in total. The topological polar surface area (TPSA) is 50.2 Å². The highest BCUT2D eigenvalue weighted by molar-refractivity contribution is 7.21. The number of fused-ring (bicyclic) bond motifs is 1. The molecule has 0 bridgehead atoms. The number of nitrogens with zero attached hydrogens (tertiary/aromatic N) is 1. The van der Waals surface area contributed by atoms with Gasteiger partial charge in [-0.2, -0.15) is 0 Å². The lowest BCUT2D eigenvalue weighted by molar-refractivity contribution is 0.0697. The molecule has 1 heterocycles. The number of aromatic carboxylic acids is 1. The van der Waals surface area contributed by atoms with E-state index in [1.165, 1.54) is 6.07 Å². The molecule has 3 nitrogen and oxygen atoms in total. The van der Waals surface area contributed by atoms with Crippen LogP contribution >= 0.6 is 22.9 Å². The first-order valence-corrected chi connectivity index (χ1v) is 6.73. The van der Waals surface area contributed by atoms with Crippen molar-refractivity contribution in [3.63, 3.8) is 0 Å². The van der Waals surface area contributed by atoms with Crippen molar-refractivity contribution in [1.29, 1.82) is 0 Å². The smallest absolute Gasteiger partial charge is 0.337 e. The van der Waals surface area contributed by atoms with Crippen LogP contribution in [0, 0.1) is 0 Å². The first-order valence-electron chi connectivity index (χ1n) is 5.54. The molecule has 0 aliphatic heterocycles. The molecule has 94 valence electrons. The molecule has 0 saturated heterocycles. The first kappa shape index (κ1) is 12.1. The summed E-state index contributed by atoms with van der Waals surface area (Å²) in [6.07, 6.45) is 0. The monoisotopic (exact) mass is 289 g/mol. The van der Waals surface area contributed by atoms with Crippen LogP contribution in [-0.4, -0.2) is 16.1 Å². The predicted molar refractivity (Wildman–Crippen MR) is 77.0 cm³/mol. The van der Waals surface area contributed by atoms with Gasteiger partial charge in [-0.15, -0.1) is 11.3 Å². The van der Waals surface area contributed by atoms with Crippen LogP contribution in [0.25, 0.3) is 20.8 Å². The quantitative estimate of drug-likeness (QED) is 0.764. The van der Waals surface area contributed by atoms with E-state index in [1.54, 1.807) is 23.5 Å². The normalized spacial score (nSPS) is 10.8. The zero-order valence-electron chi connectivity index (χ0n) is 9.63. The van der Waals surface area contributed by atoms with E-state index in [4.69, 9.17) is 16.7 Å². The lowest BCUT2D eigenvalue weighted by Gasteiger charge is -2.01. The minimum absolute atomic E-state index is 0.103. The van der Waals surface area contributed by atoms with Crippen LogP contribution < -0.4 is 0 Å². The second-order valence-electron chi connectivity index (χ2n) is 3.99. The maximum absolute atomic E-state index is 10.9. The Bertz CT molecular complexity index is 749. The van der Waals surface area contributed by atoms with Gasteiger partial charge in [-0.25, -0.2) is 9.78 Å². The number of hydrogen-bond donors (Lipinski definition) is 1. The molecule has 2 aromatic carbocycles. The molecule has 0 atom stereocenters. The SMILES string of the molecule is O=C(O)c1ccc(-c2nc3ccccc3s2)cc1Cl. The van der Waals surface area contributed by atoms with E-state index in [0.717, 1.165) is 20.8 Å². The van der Waals surface area contributed by atoms with E-state index < -0.39 is 5.97 Å². The maximum Gasteiger partial charge on any atom is 0.337 e. The number of benzene rings is 2. The largest absolute Gasteiger partial charge is 0.478 e. The lowest BCUT2D eigenvalue weighted by Crippen LogP contribution is -1.96. The number of hydrogen-bond acceptors (Lipinski definition) is 3. The average Bonchev–Trinajstić information content (AvgIpc) is 2.81. The van der Waals surface area contributed by atoms with Crippen LogP contribution in [-0.2, 0) is 0 Å². The molecule has 0 spiro atoms. The van der Waals surface area contributed by atoms with Gasteiger partial charge in [-0.1, -0.05) is 29.8 Å². The van der Waals surface area contributed by atoms with E-state index in [0.29, 0.717) is 0 Å². The molecular weight excluding hydrogens is 282 g/mol. The number of rotatable bonds is 2. The lowest BCUT2D eigenvalue weighted by atomic mass is 10.1.